The van der Waals surface area contributed by atoms with E-state index in [2.05, 4.69) is 11.2 Å². The van der Waals surface area contributed by atoms with E-state index in [9.17, 15) is 14.4 Å². The molecule has 2 amide bonds. The average molecular weight is 309 g/mol. The van der Waals surface area contributed by atoms with Crippen molar-refractivity contribution in [2.45, 2.75) is 0 Å². The van der Waals surface area contributed by atoms with Gasteiger partial charge in [0.05, 0.1) is 13.1 Å². The van der Waals surface area contributed by atoms with Gasteiger partial charge in [-0.15, -0.1) is 6.42 Å². The Morgan fingerprint density at radius 2 is 2.10 bits per heavy atom. The fourth-order valence-corrected chi connectivity index (χ4v) is 1.70. The number of rotatable bonds is 6. The van der Waals surface area contributed by atoms with Gasteiger partial charge in [-0.2, -0.15) is 0 Å². The van der Waals surface area contributed by atoms with Gasteiger partial charge in [-0.1, -0.05) is 23.6 Å². The standard InChI is InChI=1S/C14H13ClN2O4/c1-2-6-17(9-13(19)20)12(18)8-16-14(21)10-4-3-5-11(15)7-10/h1,3-5,7H,6,8-9H2,(H,16,21)(H,19,20). The monoisotopic (exact) mass is 308 g/mol. The summed E-state index contributed by atoms with van der Waals surface area (Å²) in [6.07, 6.45) is 5.07. The van der Waals surface area contributed by atoms with Gasteiger partial charge in [-0.25, -0.2) is 0 Å². The van der Waals surface area contributed by atoms with E-state index in [-0.39, 0.29) is 13.1 Å². The Morgan fingerprint density at radius 3 is 2.67 bits per heavy atom. The zero-order chi connectivity index (χ0) is 15.8. The van der Waals surface area contributed by atoms with E-state index < -0.39 is 24.3 Å². The lowest BCUT2D eigenvalue weighted by molar-refractivity contribution is -0.143. The largest absolute Gasteiger partial charge is 0.480 e. The molecule has 0 fully saturated rings. The van der Waals surface area contributed by atoms with Crippen LogP contribution < -0.4 is 5.32 Å². The highest BCUT2D eigenvalue weighted by Gasteiger charge is 2.16. The molecule has 0 saturated carbocycles. The van der Waals surface area contributed by atoms with Crippen molar-refractivity contribution in [1.82, 2.24) is 10.2 Å². The minimum Gasteiger partial charge on any atom is -0.480 e. The number of hydrogen-bond acceptors (Lipinski definition) is 3. The first kappa shape index (κ1) is 16.5. The first-order valence-corrected chi connectivity index (χ1v) is 6.28. The summed E-state index contributed by atoms with van der Waals surface area (Å²) in [7, 11) is 0. The molecule has 1 aromatic carbocycles. The van der Waals surface area contributed by atoms with Gasteiger partial charge in [0.2, 0.25) is 5.91 Å². The summed E-state index contributed by atoms with van der Waals surface area (Å²) < 4.78 is 0. The molecule has 0 radical (unpaired) electrons. The average Bonchev–Trinajstić information content (AvgIpc) is 2.43. The van der Waals surface area contributed by atoms with Gasteiger partial charge < -0.3 is 15.3 Å². The minimum absolute atomic E-state index is 0.141. The lowest BCUT2D eigenvalue weighted by atomic mass is 10.2. The lowest BCUT2D eigenvalue weighted by Crippen LogP contribution is -2.42. The van der Waals surface area contributed by atoms with Gasteiger partial charge in [-0.3, -0.25) is 14.4 Å². The lowest BCUT2D eigenvalue weighted by Gasteiger charge is -2.18. The number of aliphatic carboxylic acids is 1. The highest BCUT2D eigenvalue weighted by atomic mass is 35.5. The second-order valence-electron chi connectivity index (χ2n) is 4.04. The van der Waals surface area contributed by atoms with Crippen LogP contribution in [0.1, 0.15) is 10.4 Å². The third-order valence-electron chi connectivity index (χ3n) is 2.45. The Balaban J connectivity index is 2.60. The number of carbonyl (C=O) groups excluding carboxylic acids is 2. The van der Waals surface area contributed by atoms with Crippen LogP contribution in [-0.4, -0.2) is 47.4 Å². The van der Waals surface area contributed by atoms with Crippen molar-refractivity contribution in [3.05, 3.63) is 34.9 Å². The molecular formula is C14H13ClN2O4. The van der Waals surface area contributed by atoms with Crippen molar-refractivity contribution < 1.29 is 19.5 Å². The molecule has 0 aromatic heterocycles. The smallest absolute Gasteiger partial charge is 0.323 e. The summed E-state index contributed by atoms with van der Waals surface area (Å²) >= 11 is 5.76. The molecule has 2 N–H and O–H groups in total. The maximum absolute atomic E-state index is 11.8. The first-order valence-electron chi connectivity index (χ1n) is 5.91. The number of terminal acetylenes is 1. The molecule has 1 aromatic rings. The molecule has 110 valence electrons. The number of halogens is 1. The van der Waals surface area contributed by atoms with Crippen LogP contribution >= 0.6 is 11.6 Å². The molecule has 0 atom stereocenters. The molecule has 1 rings (SSSR count). The van der Waals surface area contributed by atoms with E-state index in [0.29, 0.717) is 10.6 Å². The molecule has 0 bridgehead atoms. The van der Waals surface area contributed by atoms with E-state index >= 15 is 0 Å². The van der Waals surface area contributed by atoms with E-state index in [1.54, 1.807) is 18.2 Å². The molecule has 0 heterocycles. The number of nitrogens with one attached hydrogen (secondary N) is 1. The fraction of sp³-hybridized carbons (Fsp3) is 0.214. The molecule has 6 nitrogen and oxygen atoms in total. The summed E-state index contributed by atoms with van der Waals surface area (Å²) in [6, 6.07) is 6.22. The quantitative estimate of drug-likeness (QED) is 0.754. The van der Waals surface area contributed by atoms with Crippen LogP contribution in [0, 0.1) is 12.3 Å². The Morgan fingerprint density at radius 1 is 1.38 bits per heavy atom. The van der Waals surface area contributed by atoms with Gasteiger partial charge in [0, 0.05) is 10.6 Å². The van der Waals surface area contributed by atoms with E-state index in [1.807, 2.05) is 0 Å². The molecule has 0 spiro atoms. The molecular weight excluding hydrogens is 296 g/mol. The molecule has 0 saturated heterocycles. The van der Waals surface area contributed by atoms with Gasteiger partial charge in [0.1, 0.15) is 6.54 Å². The molecule has 21 heavy (non-hydrogen) atoms. The van der Waals surface area contributed by atoms with Gasteiger partial charge in [0.25, 0.3) is 5.91 Å². The Hall–Kier alpha value is -2.52. The van der Waals surface area contributed by atoms with Crippen LogP contribution in [0.2, 0.25) is 5.02 Å². The number of hydrogen-bond donors (Lipinski definition) is 2. The second kappa shape index (κ2) is 7.92. The molecule has 0 aliphatic carbocycles. The third-order valence-corrected chi connectivity index (χ3v) is 2.68. The maximum atomic E-state index is 11.8. The number of carboxylic acids is 1. The van der Waals surface area contributed by atoms with Crippen LogP contribution in [0.5, 0.6) is 0 Å². The normalized spacial score (nSPS) is 9.52. The maximum Gasteiger partial charge on any atom is 0.323 e. The Labute approximate surface area is 126 Å². The van der Waals surface area contributed by atoms with Gasteiger partial charge in [-0.05, 0) is 18.2 Å². The SMILES string of the molecule is C#CCN(CC(=O)O)C(=O)CNC(=O)c1cccc(Cl)c1. The van der Waals surface area contributed by atoms with Crippen LogP contribution in [0.25, 0.3) is 0 Å². The summed E-state index contributed by atoms with van der Waals surface area (Å²) in [5.41, 5.74) is 0.303. The van der Waals surface area contributed by atoms with Crippen LogP contribution in [0.3, 0.4) is 0 Å². The minimum atomic E-state index is -1.18. The number of amides is 2. The van der Waals surface area contributed by atoms with Crippen LogP contribution in [-0.2, 0) is 9.59 Å². The van der Waals surface area contributed by atoms with Crippen molar-refractivity contribution in [1.29, 1.82) is 0 Å². The molecule has 0 unspecified atom stereocenters. The molecule has 0 aliphatic heterocycles. The summed E-state index contributed by atoms with van der Waals surface area (Å²) in [6.45, 7) is -1.01. The predicted octanol–water partition coefficient (Wildman–Crippen LogP) is 0.616. The zero-order valence-corrected chi connectivity index (χ0v) is 11.8. The summed E-state index contributed by atoms with van der Waals surface area (Å²) in [4.78, 5) is 35.2. The zero-order valence-electron chi connectivity index (χ0n) is 11.0. The Bertz CT molecular complexity index is 595. The first-order chi connectivity index (χ1) is 9.93. The van der Waals surface area contributed by atoms with Crippen molar-refractivity contribution in [3.63, 3.8) is 0 Å². The van der Waals surface area contributed by atoms with Crippen molar-refractivity contribution in [3.8, 4) is 12.3 Å². The summed E-state index contributed by atoms with van der Waals surface area (Å²) in [5.74, 6) is -0.0508. The van der Waals surface area contributed by atoms with Crippen molar-refractivity contribution in [2.24, 2.45) is 0 Å². The summed E-state index contributed by atoms with van der Waals surface area (Å²) in [5, 5.41) is 11.5. The second-order valence-corrected chi connectivity index (χ2v) is 4.48. The van der Waals surface area contributed by atoms with Gasteiger partial charge in [0.15, 0.2) is 0 Å². The number of nitrogens with zero attached hydrogens (tertiary/aromatic N) is 1. The third kappa shape index (κ3) is 5.55. The molecule has 7 heteroatoms. The Kier molecular flexibility index (Phi) is 6.24. The topological polar surface area (TPSA) is 86.7 Å². The number of carbonyl (C=O) groups is 3. The van der Waals surface area contributed by atoms with Crippen molar-refractivity contribution >= 4 is 29.4 Å². The van der Waals surface area contributed by atoms with E-state index in [0.717, 1.165) is 4.90 Å². The van der Waals surface area contributed by atoms with E-state index in [4.69, 9.17) is 23.1 Å². The highest BCUT2D eigenvalue weighted by Crippen LogP contribution is 2.10. The van der Waals surface area contributed by atoms with Crippen LogP contribution in [0.4, 0.5) is 0 Å². The fourth-order valence-electron chi connectivity index (χ4n) is 1.51. The van der Waals surface area contributed by atoms with Crippen LogP contribution in [0.15, 0.2) is 24.3 Å². The van der Waals surface area contributed by atoms with Gasteiger partial charge >= 0.3 is 5.97 Å². The number of benzene rings is 1. The molecule has 0 aliphatic rings. The highest BCUT2D eigenvalue weighted by molar-refractivity contribution is 6.30. The number of carboxylic acid groups (broad SMARTS) is 1. The predicted molar refractivity (Wildman–Crippen MR) is 76.8 cm³/mol. The van der Waals surface area contributed by atoms with E-state index in [1.165, 1.54) is 6.07 Å². The van der Waals surface area contributed by atoms with Crippen molar-refractivity contribution in [2.75, 3.05) is 19.6 Å².